The summed E-state index contributed by atoms with van der Waals surface area (Å²) in [5.41, 5.74) is 3.96. The normalized spacial score (nSPS) is 10.8. The van der Waals surface area contributed by atoms with Crippen molar-refractivity contribution in [3.8, 4) is 0 Å². The van der Waals surface area contributed by atoms with Crippen LogP contribution in [0.2, 0.25) is 0 Å². The first-order valence-corrected chi connectivity index (χ1v) is 10.5. The molecule has 0 aliphatic carbocycles. The Bertz CT molecular complexity index is 1280. The van der Waals surface area contributed by atoms with Crippen LogP contribution in [0, 0.1) is 6.92 Å². The fraction of sp³-hybridized carbons (Fsp3) is 0.115. The fourth-order valence-corrected chi connectivity index (χ4v) is 3.04. The predicted octanol–water partition coefficient (Wildman–Crippen LogP) is 3.86. The van der Waals surface area contributed by atoms with Crippen molar-refractivity contribution in [3.05, 3.63) is 95.1 Å². The summed E-state index contributed by atoms with van der Waals surface area (Å²) in [5.74, 6) is -2.77. The summed E-state index contributed by atoms with van der Waals surface area (Å²) in [6.07, 6.45) is 0. The van der Waals surface area contributed by atoms with Crippen LogP contribution in [-0.2, 0) is 14.3 Å². The maximum absolute atomic E-state index is 13.2. The van der Waals surface area contributed by atoms with Crippen molar-refractivity contribution >= 4 is 40.7 Å². The Labute approximate surface area is 201 Å². The molecule has 0 aliphatic rings. The van der Waals surface area contributed by atoms with Crippen molar-refractivity contribution in [1.29, 1.82) is 0 Å². The lowest BCUT2D eigenvalue weighted by molar-refractivity contribution is -0.110. The van der Waals surface area contributed by atoms with Crippen LogP contribution >= 0.6 is 0 Å². The van der Waals surface area contributed by atoms with Crippen molar-refractivity contribution in [2.24, 2.45) is 5.10 Å². The number of hydrogen-bond acceptors (Lipinski definition) is 8. The van der Waals surface area contributed by atoms with Crippen LogP contribution in [0.4, 0.5) is 11.4 Å². The van der Waals surface area contributed by atoms with Gasteiger partial charge in [0.15, 0.2) is 5.71 Å². The third-order valence-electron chi connectivity index (χ3n) is 4.91. The van der Waals surface area contributed by atoms with Gasteiger partial charge in [-0.05, 0) is 37.3 Å². The van der Waals surface area contributed by atoms with Gasteiger partial charge in [-0.25, -0.2) is 9.59 Å². The lowest BCUT2D eigenvalue weighted by atomic mass is 10.0. The largest absolute Gasteiger partial charge is 0.465 e. The van der Waals surface area contributed by atoms with Crippen LogP contribution in [0.15, 0.2) is 77.9 Å². The van der Waals surface area contributed by atoms with E-state index in [9.17, 15) is 19.2 Å². The van der Waals surface area contributed by atoms with E-state index in [-0.39, 0.29) is 22.4 Å². The lowest BCUT2D eigenvalue weighted by Gasteiger charge is -2.12. The van der Waals surface area contributed by atoms with Gasteiger partial charge in [-0.3, -0.25) is 15.0 Å². The highest BCUT2D eigenvalue weighted by Crippen LogP contribution is 2.20. The second kappa shape index (κ2) is 11.4. The number of anilines is 2. The first kappa shape index (κ1) is 24.8. The van der Waals surface area contributed by atoms with Gasteiger partial charge in [0, 0.05) is 11.3 Å². The number of para-hydroxylation sites is 1. The van der Waals surface area contributed by atoms with E-state index in [1.807, 2.05) is 6.92 Å². The number of amides is 1. The van der Waals surface area contributed by atoms with Gasteiger partial charge in [0.1, 0.15) is 0 Å². The lowest BCUT2D eigenvalue weighted by Crippen LogP contribution is -2.31. The molecule has 0 unspecified atom stereocenters. The molecule has 0 heterocycles. The Morgan fingerprint density at radius 1 is 0.771 bits per heavy atom. The van der Waals surface area contributed by atoms with Crippen LogP contribution in [0.1, 0.15) is 36.6 Å². The number of Topliss-reactive ketones (excluding diaryl/α,β-unsaturated/α-hetero) is 1. The zero-order valence-corrected chi connectivity index (χ0v) is 19.3. The molecule has 0 fully saturated rings. The maximum Gasteiger partial charge on any atom is 0.340 e. The number of esters is 2. The highest BCUT2D eigenvalue weighted by atomic mass is 16.5. The Hall–Kier alpha value is -4.79. The van der Waals surface area contributed by atoms with Crippen molar-refractivity contribution in [2.75, 3.05) is 25.0 Å². The minimum Gasteiger partial charge on any atom is -0.465 e. The Morgan fingerprint density at radius 3 is 2.03 bits per heavy atom. The molecule has 0 spiro atoms. The number of hydrogen-bond donors (Lipinski definition) is 2. The number of benzene rings is 3. The maximum atomic E-state index is 13.2. The molecular formula is C26H23N3O6. The third-order valence-corrected chi connectivity index (χ3v) is 4.91. The van der Waals surface area contributed by atoms with Crippen molar-refractivity contribution in [1.82, 2.24) is 0 Å². The molecule has 0 saturated heterocycles. The molecule has 0 radical (unpaired) electrons. The van der Waals surface area contributed by atoms with Gasteiger partial charge >= 0.3 is 11.9 Å². The number of rotatable bonds is 8. The van der Waals surface area contributed by atoms with Gasteiger partial charge in [-0.15, -0.1) is 0 Å². The molecule has 1 amide bonds. The molecule has 0 bridgehead atoms. The quantitative estimate of drug-likeness (QED) is 0.167. The topological polar surface area (TPSA) is 123 Å². The highest BCUT2D eigenvalue weighted by Gasteiger charge is 2.23. The summed E-state index contributed by atoms with van der Waals surface area (Å²) in [5, 5.41) is 6.67. The van der Waals surface area contributed by atoms with Crippen molar-refractivity contribution < 1.29 is 28.7 Å². The molecule has 9 heteroatoms. The minimum atomic E-state index is -0.766. The van der Waals surface area contributed by atoms with Crippen LogP contribution in [0.3, 0.4) is 0 Å². The first-order valence-electron chi connectivity index (χ1n) is 10.5. The van der Waals surface area contributed by atoms with Gasteiger partial charge in [0.05, 0.1) is 31.0 Å². The molecule has 0 saturated carbocycles. The Kier molecular flexibility index (Phi) is 8.07. The number of carbonyl (C=O) groups is 4. The number of ketones is 1. The van der Waals surface area contributed by atoms with E-state index in [1.54, 1.807) is 54.6 Å². The van der Waals surface area contributed by atoms with Gasteiger partial charge in [0.2, 0.25) is 5.78 Å². The Balaban J connectivity index is 2.03. The summed E-state index contributed by atoms with van der Waals surface area (Å²) in [6.45, 7) is 1.87. The van der Waals surface area contributed by atoms with Crippen LogP contribution in [0.25, 0.3) is 0 Å². The van der Waals surface area contributed by atoms with Gasteiger partial charge in [-0.1, -0.05) is 48.0 Å². The number of methoxy groups -OCH3 is 2. The second-order valence-corrected chi connectivity index (χ2v) is 7.33. The Morgan fingerprint density at radius 2 is 1.40 bits per heavy atom. The molecule has 0 atom stereocenters. The molecule has 3 rings (SSSR count). The molecule has 178 valence electrons. The monoisotopic (exact) mass is 473 g/mol. The number of hydrazone groups is 1. The van der Waals surface area contributed by atoms with Gasteiger partial charge < -0.3 is 14.8 Å². The summed E-state index contributed by atoms with van der Waals surface area (Å²) in [7, 11) is 2.41. The van der Waals surface area contributed by atoms with E-state index in [2.05, 4.69) is 15.8 Å². The van der Waals surface area contributed by atoms with Crippen LogP contribution < -0.4 is 10.7 Å². The van der Waals surface area contributed by atoms with E-state index in [1.165, 1.54) is 32.4 Å². The van der Waals surface area contributed by atoms with E-state index >= 15 is 0 Å². The summed E-state index contributed by atoms with van der Waals surface area (Å²) in [6, 6.07) is 19.3. The zero-order chi connectivity index (χ0) is 25.4. The number of carbonyl (C=O) groups excluding carboxylic acids is 4. The van der Waals surface area contributed by atoms with E-state index in [4.69, 9.17) is 9.47 Å². The van der Waals surface area contributed by atoms with Crippen molar-refractivity contribution in [3.63, 3.8) is 0 Å². The van der Waals surface area contributed by atoms with Crippen LogP contribution in [-0.4, -0.2) is 43.6 Å². The van der Waals surface area contributed by atoms with Crippen LogP contribution in [0.5, 0.6) is 0 Å². The first-order chi connectivity index (χ1) is 16.8. The average molecular weight is 473 g/mol. The molecule has 0 aromatic heterocycles. The summed E-state index contributed by atoms with van der Waals surface area (Å²) < 4.78 is 9.49. The fourth-order valence-electron chi connectivity index (χ4n) is 3.04. The number of nitrogens with one attached hydrogen (secondary N) is 2. The highest BCUT2D eigenvalue weighted by molar-refractivity contribution is 6.70. The predicted molar refractivity (Wildman–Crippen MR) is 131 cm³/mol. The van der Waals surface area contributed by atoms with Gasteiger partial charge in [-0.2, -0.15) is 5.10 Å². The smallest absolute Gasteiger partial charge is 0.340 e. The minimum absolute atomic E-state index is 0.0366. The average Bonchev–Trinajstić information content (AvgIpc) is 2.88. The summed E-state index contributed by atoms with van der Waals surface area (Å²) >= 11 is 0. The number of ether oxygens (including phenoxy) is 2. The van der Waals surface area contributed by atoms with Gasteiger partial charge in [0.25, 0.3) is 5.91 Å². The van der Waals surface area contributed by atoms with E-state index < -0.39 is 29.3 Å². The molecule has 3 aromatic carbocycles. The van der Waals surface area contributed by atoms with Crippen molar-refractivity contribution in [2.45, 2.75) is 6.92 Å². The molecule has 0 aliphatic heterocycles. The summed E-state index contributed by atoms with van der Waals surface area (Å²) in [4.78, 5) is 50.4. The molecule has 3 aromatic rings. The zero-order valence-electron chi connectivity index (χ0n) is 19.3. The number of aryl methyl sites for hydroxylation is 1. The number of nitrogens with zero attached hydrogens (tertiary/aromatic N) is 1. The second-order valence-electron chi connectivity index (χ2n) is 7.33. The third kappa shape index (κ3) is 6.17. The standard InChI is InChI=1S/C26H23N3O6/c1-16-9-11-17(12-10-16)23(30)22(24(31)27-19-7-5-4-6-8-19)29-28-21-15-18(25(32)34-2)13-14-20(21)26(33)35-3/h4-15,28H,1-3H3,(H,27,31)/b29-22+. The van der Waals surface area contributed by atoms with E-state index in [0.717, 1.165) is 5.56 Å². The molecule has 9 nitrogen and oxygen atoms in total. The molecular weight excluding hydrogens is 450 g/mol. The molecule has 2 N–H and O–H groups in total. The van der Waals surface area contributed by atoms with E-state index in [0.29, 0.717) is 5.69 Å². The SMILES string of the molecule is COC(=O)c1ccc(C(=O)OC)c(N/N=C(/C(=O)Nc2ccccc2)C(=O)c2ccc(C)cc2)c1. The molecule has 35 heavy (non-hydrogen) atoms.